The maximum Gasteiger partial charge on any atom is 0.329 e. The molecule has 7 heteroatoms. The number of rotatable bonds is 5. The number of carbonyl (C=O) groups is 2. The van der Waals surface area contributed by atoms with E-state index in [0.29, 0.717) is 5.52 Å². The molecule has 0 saturated carbocycles. The third-order valence-corrected chi connectivity index (χ3v) is 4.90. The minimum absolute atomic E-state index is 0.0911. The van der Waals surface area contributed by atoms with Gasteiger partial charge in [0.2, 0.25) is 11.8 Å². The van der Waals surface area contributed by atoms with Gasteiger partial charge in [0.05, 0.1) is 17.6 Å². The van der Waals surface area contributed by atoms with E-state index in [0.717, 1.165) is 22.3 Å². The second kappa shape index (κ2) is 7.72. The Morgan fingerprint density at radius 2 is 1.61 bits per heavy atom. The number of aromatic nitrogens is 2. The molecule has 0 fully saturated rings. The maximum atomic E-state index is 12.6. The Kier molecular flexibility index (Phi) is 5.35. The van der Waals surface area contributed by atoms with Gasteiger partial charge in [0.15, 0.2) is 0 Å². The highest BCUT2D eigenvalue weighted by Crippen LogP contribution is 2.19. The molecule has 28 heavy (non-hydrogen) atoms. The van der Waals surface area contributed by atoms with Crippen molar-refractivity contribution in [1.29, 1.82) is 0 Å². The Morgan fingerprint density at radius 1 is 1.00 bits per heavy atom. The van der Waals surface area contributed by atoms with E-state index in [1.165, 1.54) is 14.0 Å². The normalized spacial score (nSPS) is 10.9. The number of fused-ring (bicyclic) bond motifs is 1. The zero-order valence-electron chi connectivity index (χ0n) is 16.5. The number of para-hydroxylation sites is 3. The second-order valence-electron chi connectivity index (χ2n) is 6.98. The third kappa shape index (κ3) is 3.69. The van der Waals surface area contributed by atoms with Crippen molar-refractivity contribution in [3.05, 3.63) is 64.1 Å². The SMILES string of the molecule is Cc1cccc(C)c1NC(=O)CN(C)C(=O)Cn1c(=O)n(C)c2ccccc21. The molecule has 3 aromatic rings. The molecule has 0 radical (unpaired) electrons. The first-order valence-electron chi connectivity index (χ1n) is 9.04. The molecule has 0 unspecified atom stereocenters. The molecule has 2 amide bonds. The van der Waals surface area contributed by atoms with Crippen LogP contribution < -0.4 is 11.0 Å². The lowest BCUT2D eigenvalue weighted by Crippen LogP contribution is -2.38. The summed E-state index contributed by atoms with van der Waals surface area (Å²) in [5, 5.41) is 2.87. The maximum absolute atomic E-state index is 12.6. The summed E-state index contributed by atoms with van der Waals surface area (Å²) in [6, 6.07) is 13.1. The molecule has 0 saturated heterocycles. The van der Waals surface area contributed by atoms with Gasteiger partial charge in [-0.05, 0) is 37.1 Å². The van der Waals surface area contributed by atoms with Crippen LogP contribution in [-0.2, 0) is 23.2 Å². The standard InChI is InChI=1S/C21H24N4O3/c1-14-8-7-9-15(2)20(14)22-18(26)12-23(3)19(27)13-25-17-11-6-5-10-16(17)24(4)21(25)28/h5-11H,12-13H2,1-4H3,(H,22,26). The fourth-order valence-electron chi connectivity index (χ4n) is 3.27. The zero-order valence-corrected chi connectivity index (χ0v) is 16.5. The fraction of sp³-hybridized carbons (Fsp3) is 0.286. The van der Waals surface area contributed by atoms with E-state index in [1.54, 1.807) is 20.2 Å². The number of nitrogens with one attached hydrogen (secondary N) is 1. The molecular formula is C21H24N4O3. The molecule has 0 aliphatic carbocycles. The number of likely N-dealkylation sites (N-methyl/N-ethyl adjacent to an activating group) is 1. The first kappa shape index (κ1) is 19.4. The fourth-order valence-corrected chi connectivity index (χ4v) is 3.27. The Morgan fingerprint density at radius 3 is 2.25 bits per heavy atom. The summed E-state index contributed by atoms with van der Waals surface area (Å²) >= 11 is 0. The predicted octanol–water partition coefficient (Wildman–Crippen LogP) is 2.05. The van der Waals surface area contributed by atoms with Gasteiger partial charge < -0.3 is 10.2 Å². The van der Waals surface area contributed by atoms with Crippen molar-refractivity contribution < 1.29 is 9.59 Å². The number of hydrogen-bond donors (Lipinski definition) is 1. The Bertz CT molecular complexity index is 1090. The number of benzene rings is 2. The molecule has 3 rings (SSSR count). The van der Waals surface area contributed by atoms with E-state index < -0.39 is 0 Å². The van der Waals surface area contributed by atoms with Crippen LogP contribution in [0, 0.1) is 13.8 Å². The monoisotopic (exact) mass is 380 g/mol. The summed E-state index contributed by atoms with van der Waals surface area (Å²) < 4.78 is 2.94. The first-order chi connectivity index (χ1) is 13.3. The van der Waals surface area contributed by atoms with Gasteiger partial charge in [0.25, 0.3) is 0 Å². The van der Waals surface area contributed by atoms with Gasteiger partial charge in [0.1, 0.15) is 6.54 Å². The molecule has 7 nitrogen and oxygen atoms in total. The van der Waals surface area contributed by atoms with Crippen LogP contribution in [0.1, 0.15) is 11.1 Å². The average Bonchev–Trinajstić information content (AvgIpc) is 2.90. The summed E-state index contributed by atoms with van der Waals surface area (Å²) in [5.74, 6) is -0.589. The summed E-state index contributed by atoms with van der Waals surface area (Å²) in [4.78, 5) is 38.8. The second-order valence-corrected chi connectivity index (χ2v) is 6.98. The van der Waals surface area contributed by atoms with Crippen LogP contribution in [-0.4, -0.2) is 39.4 Å². The number of aryl methyl sites for hydroxylation is 3. The zero-order chi connectivity index (χ0) is 20.4. The molecular weight excluding hydrogens is 356 g/mol. The molecule has 0 atom stereocenters. The van der Waals surface area contributed by atoms with E-state index in [9.17, 15) is 14.4 Å². The van der Waals surface area contributed by atoms with E-state index >= 15 is 0 Å². The lowest BCUT2D eigenvalue weighted by atomic mass is 10.1. The Balaban J connectivity index is 1.71. The number of carbonyl (C=O) groups excluding carboxylic acids is 2. The summed E-state index contributed by atoms with van der Waals surface area (Å²) in [6.07, 6.45) is 0. The van der Waals surface area contributed by atoms with Crippen LogP contribution in [0.25, 0.3) is 11.0 Å². The van der Waals surface area contributed by atoms with Crippen molar-refractivity contribution in [3.63, 3.8) is 0 Å². The lowest BCUT2D eigenvalue weighted by molar-refractivity contribution is -0.133. The topological polar surface area (TPSA) is 76.3 Å². The number of imidazole rings is 1. The smallest absolute Gasteiger partial charge is 0.329 e. The van der Waals surface area contributed by atoms with E-state index in [-0.39, 0.29) is 30.6 Å². The molecule has 0 bridgehead atoms. The van der Waals surface area contributed by atoms with E-state index in [2.05, 4.69) is 5.32 Å². The third-order valence-electron chi connectivity index (χ3n) is 4.90. The highest BCUT2D eigenvalue weighted by Gasteiger charge is 2.18. The first-order valence-corrected chi connectivity index (χ1v) is 9.04. The molecule has 1 heterocycles. The van der Waals surface area contributed by atoms with Crippen molar-refractivity contribution in [2.75, 3.05) is 18.9 Å². The molecule has 0 aliphatic heterocycles. The summed E-state index contributed by atoms with van der Waals surface area (Å²) in [5.41, 5.74) is 3.88. The van der Waals surface area contributed by atoms with Gasteiger partial charge >= 0.3 is 5.69 Å². The van der Waals surface area contributed by atoms with Crippen molar-refractivity contribution >= 4 is 28.5 Å². The van der Waals surface area contributed by atoms with Gasteiger partial charge in [-0.3, -0.25) is 18.7 Å². The van der Waals surface area contributed by atoms with E-state index in [1.807, 2.05) is 50.2 Å². The lowest BCUT2D eigenvalue weighted by Gasteiger charge is -2.18. The van der Waals surface area contributed by atoms with Crippen molar-refractivity contribution in [3.8, 4) is 0 Å². The van der Waals surface area contributed by atoms with Crippen molar-refractivity contribution in [2.45, 2.75) is 20.4 Å². The van der Waals surface area contributed by atoms with Gasteiger partial charge in [-0.25, -0.2) is 4.79 Å². The van der Waals surface area contributed by atoms with Crippen molar-refractivity contribution in [1.82, 2.24) is 14.0 Å². The van der Waals surface area contributed by atoms with Gasteiger partial charge in [-0.2, -0.15) is 0 Å². The summed E-state index contributed by atoms with van der Waals surface area (Å²) in [6.45, 7) is 3.63. The summed E-state index contributed by atoms with van der Waals surface area (Å²) in [7, 11) is 3.23. The highest BCUT2D eigenvalue weighted by atomic mass is 16.2. The quantitative estimate of drug-likeness (QED) is 0.736. The average molecular weight is 380 g/mol. The molecule has 1 aromatic heterocycles. The molecule has 0 aliphatic rings. The number of nitrogens with zero attached hydrogens (tertiary/aromatic N) is 3. The van der Waals surface area contributed by atoms with Crippen LogP contribution in [0.2, 0.25) is 0 Å². The highest BCUT2D eigenvalue weighted by molar-refractivity contribution is 5.95. The van der Waals surface area contributed by atoms with Gasteiger partial charge in [-0.15, -0.1) is 0 Å². The Hall–Kier alpha value is -3.35. The van der Waals surface area contributed by atoms with Crippen LogP contribution in [0.5, 0.6) is 0 Å². The minimum Gasteiger partial charge on any atom is -0.335 e. The largest absolute Gasteiger partial charge is 0.335 e. The van der Waals surface area contributed by atoms with Crippen LogP contribution in [0.4, 0.5) is 5.69 Å². The Labute approximate surface area is 163 Å². The molecule has 146 valence electrons. The van der Waals surface area contributed by atoms with Crippen molar-refractivity contribution in [2.24, 2.45) is 7.05 Å². The van der Waals surface area contributed by atoms with Gasteiger partial charge in [0, 0.05) is 19.8 Å². The van der Waals surface area contributed by atoms with E-state index in [4.69, 9.17) is 0 Å². The minimum atomic E-state index is -0.310. The number of amides is 2. The number of anilines is 1. The van der Waals surface area contributed by atoms with Gasteiger partial charge in [-0.1, -0.05) is 30.3 Å². The van der Waals surface area contributed by atoms with Crippen LogP contribution in [0.15, 0.2) is 47.3 Å². The predicted molar refractivity (Wildman–Crippen MR) is 109 cm³/mol. The molecule has 0 spiro atoms. The van der Waals surface area contributed by atoms with Crippen LogP contribution >= 0.6 is 0 Å². The molecule has 1 N–H and O–H groups in total. The molecule has 2 aromatic carbocycles. The van der Waals surface area contributed by atoms with Crippen LogP contribution in [0.3, 0.4) is 0 Å². The number of hydrogen-bond acceptors (Lipinski definition) is 3.